The first-order valence-corrected chi connectivity index (χ1v) is 10.6. The van der Waals surface area contributed by atoms with Crippen molar-refractivity contribution in [1.29, 1.82) is 0 Å². The van der Waals surface area contributed by atoms with E-state index < -0.39 is 17.6 Å². The minimum Gasteiger partial charge on any atom is -0.483 e. The predicted octanol–water partition coefficient (Wildman–Crippen LogP) is 4.95. The Morgan fingerprint density at radius 3 is 2.50 bits per heavy atom. The highest BCUT2D eigenvalue weighted by Crippen LogP contribution is 2.33. The molecule has 1 heterocycles. The van der Waals surface area contributed by atoms with Gasteiger partial charge >= 0.3 is 0 Å². The summed E-state index contributed by atoms with van der Waals surface area (Å²) in [4.78, 5) is 25.0. The number of nitrogens with one attached hydrogen (secondary N) is 2. The van der Waals surface area contributed by atoms with Crippen LogP contribution in [0.25, 0.3) is 22.4 Å². The summed E-state index contributed by atoms with van der Waals surface area (Å²) < 4.78 is 25.1. The zero-order valence-corrected chi connectivity index (χ0v) is 18.7. The van der Waals surface area contributed by atoms with Crippen LogP contribution in [0.2, 0.25) is 5.02 Å². The smallest absolute Gasteiger partial charge is 0.276 e. The van der Waals surface area contributed by atoms with Crippen molar-refractivity contribution in [3.05, 3.63) is 95.0 Å². The number of aryl methyl sites for hydroxylation is 1. The number of hydrogen-bond acceptors (Lipinski definition) is 5. The number of carbonyl (C=O) groups excluding carboxylic acids is 2. The Hall–Kier alpha value is -4.17. The normalized spacial score (nSPS) is 10.6. The molecule has 172 valence electrons. The third-order valence-corrected chi connectivity index (χ3v) is 5.25. The maximum atomic E-state index is 14.3. The standard InChI is InChI=1S/C25H19ClFN3O4/c1-15-22(24(30-34-15)23-18(26)11-7-12-19(23)27)25(32)29-28-21(31)14-33-20-13-6-5-10-17(20)16-8-3-2-4-9-16/h2-13H,14H2,1H3,(H,28,31)(H,29,32). The van der Waals surface area contributed by atoms with Crippen LogP contribution in [0.1, 0.15) is 16.1 Å². The number of hydrogen-bond donors (Lipinski definition) is 2. The Morgan fingerprint density at radius 2 is 1.74 bits per heavy atom. The van der Waals surface area contributed by atoms with Crippen molar-refractivity contribution < 1.29 is 23.2 Å². The Balaban J connectivity index is 1.42. The second-order valence-corrected chi connectivity index (χ2v) is 7.62. The predicted molar refractivity (Wildman–Crippen MR) is 125 cm³/mol. The summed E-state index contributed by atoms with van der Waals surface area (Å²) in [5.74, 6) is -1.36. The van der Waals surface area contributed by atoms with Crippen molar-refractivity contribution in [2.75, 3.05) is 6.61 Å². The molecule has 2 amide bonds. The number of halogens is 2. The minimum atomic E-state index is -0.744. The first-order chi connectivity index (χ1) is 16.5. The van der Waals surface area contributed by atoms with Crippen molar-refractivity contribution >= 4 is 23.4 Å². The maximum absolute atomic E-state index is 14.3. The second-order valence-electron chi connectivity index (χ2n) is 7.21. The van der Waals surface area contributed by atoms with Crippen LogP contribution >= 0.6 is 11.6 Å². The van der Waals surface area contributed by atoms with Gasteiger partial charge in [-0.2, -0.15) is 0 Å². The molecular weight excluding hydrogens is 461 g/mol. The molecule has 4 aromatic rings. The van der Waals surface area contributed by atoms with Crippen molar-refractivity contribution in [3.8, 4) is 28.1 Å². The van der Waals surface area contributed by atoms with Gasteiger partial charge in [0.15, 0.2) is 6.61 Å². The molecule has 0 spiro atoms. The van der Waals surface area contributed by atoms with Gasteiger partial charge in [-0.1, -0.05) is 71.4 Å². The molecule has 9 heteroatoms. The number of nitrogens with zero attached hydrogens (tertiary/aromatic N) is 1. The van der Waals surface area contributed by atoms with Crippen LogP contribution in [0.15, 0.2) is 77.3 Å². The summed E-state index contributed by atoms with van der Waals surface area (Å²) in [5, 5.41) is 3.84. The van der Waals surface area contributed by atoms with Gasteiger partial charge in [-0.3, -0.25) is 20.4 Å². The molecule has 0 aliphatic rings. The zero-order valence-electron chi connectivity index (χ0n) is 18.0. The molecule has 2 N–H and O–H groups in total. The highest BCUT2D eigenvalue weighted by Gasteiger charge is 2.25. The summed E-state index contributed by atoms with van der Waals surface area (Å²) in [6.07, 6.45) is 0. The van der Waals surface area contributed by atoms with Crippen molar-refractivity contribution in [1.82, 2.24) is 16.0 Å². The molecule has 0 fully saturated rings. The molecular formula is C25H19ClFN3O4. The molecule has 3 aromatic carbocycles. The molecule has 0 bridgehead atoms. The van der Waals surface area contributed by atoms with E-state index in [0.29, 0.717) is 5.75 Å². The van der Waals surface area contributed by atoms with Gasteiger partial charge in [0.05, 0.1) is 10.6 Å². The van der Waals surface area contributed by atoms with Crippen molar-refractivity contribution in [2.24, 2.45) is 0 Å². The highest BCUT2D eigenvalue weighted by molar-refractivity contribution is 6.33. The van der Waals surface area contributed by atoms with Gasteiger partial charge in [0.2, 0.25) is 0 Å². The number of hydrazine groups is 1. The Labute approximate surface area is 199 Å². The molecule has 7 nitrogen and oxygen atoms in total. The molecule has 0 atom stereocenters. The molecule has 0 radical (unpaired) electrons. The average Bonchev–Trinajstić information content (AvgIpc) is 3.22. The van der Waals surface area contributed by atoms with Crippen molar-refractivity contribution in [2.45, 2.75) is 6.92 Å². The van der Waals surface area contributed by atoms with Crippen LogP contribution in [0.5, 0.6) is 5.75 Å². The molecule has 0 unspecified atom stereocenters. The van der Waals surface area contributed by atoms with E-state index in [9.17, 15) is 14.0 Å². The first kappa shape index (κ1) is 23.0. The Morgan fingerprint density at radius 1 is 1.00 bits per heavy atom. The monoisotopic (exact) mass is 479 g/mol. The molecule has 0 aliphatic carbocycles. The third-order valence-electron chi connectivity index (χ3n) is 4.94. The fourth-order valence-corrected chi connectivity index (χ4v) is 3.60. The van der Waals surface area contributed by atoms with E-state index in [4.69, 9.17) is 20.9 Å². The van der Waals surface area contributed by atoms with Crippen LogP contribution in [0, 0.1) is 12.7 Å². The van der Waals surface area contributed by atoms with Crippen LogP contribution in [-0.4, -0.2) is 23.6 Å². The summed E-state index contributed by atoms with van der Waals surface area (Å²) in [5.41, 5.74) is 6.12. The summed E-state index contributed by atoms with van der Waals surface area (Å²) in [6.45, 7) is 1.14. The van der Waals surface area contributed by atoms with Gasteiger partial charge in [-0.05, 0) is 30.7 Å². The van der Waals surface area contributed by atoms with E-state index in [-0.39, 0.29) is 34.2 Å². The average molecular weight is 480 g/mol. The van der Waals surface area contributed by atoms with Gasteiger partial charge < -0.3 is 9.26 Å². The maximum Gasteiger partial charge on any atom is 0.276 e. The quantitative estimate of drug-likeness (QED) is 0.382. The lowest BCUT2D eigenvalue weighted by molar-refractivity contribution is -0.123. The molecule has 4 rings (SSSR count). The van der Waals surface area contributed by atoms with Crippen LogP contribution < -0.4 is 15.6 Å². The molecule has 34 heavy (non-hydrogen) atoms. The molecule has 1 aromatic heterocycles. The van der Waals surface area contributed by atoms with Crippen LogP contribution in [-0.2, 0) is 4.79 Å². The lowest BCUT2D eigenvalue weighted by atomic mass is 10.1. The van der Waals surface area contributed by atoms with Gasteiger partial charge in [-0.15, -0.1) is 0 Å². The van der Waals surface area contributed by atoms with Gasteiger partial charge in [0.1, 0.15) is 28.6 Å². The fraction of sp³-hybridized carbons (Fsp3) is 0.0800. The third kappa shape index (κ3) is 4.92. The number of aromatic nitrogens is 1. The lowest BCUT2D eigenvalue weighted by Crippen LogP contribution is -2.44. The lowest BCUT2D eigenvalue weighted by Gasteiger charge is -2.12. The number of ether oxygens (including phenoxy) is 1. The van der Waals surface area contributed by atoms with E-state index in [1.165, 1.54) is 25.1 Å². The topological polar surface area (TPSA) is 93.5 Å². The Kier molecular flexibility index (Phi) is 6.89. The molecule has 0 saturated carbocycles. The second kappa shape index (κ2) is 10.2. The van der Waals surface area contributed by atoms with Gasteiger partial charge in [-0.25, -0.2) is 4.39 Å². The summed E-state index contributed by atoms with van der Waals surface area (Å²) in [6, 6.07) is 21.0. The molecule has 0 aliphatic heterocycles. The summed E-state index contributed by atoms with van der Waals surface area (Å²) in [7, 11) is 0. The number of rotatable bonds is 6. The number of carbonyl (C=O) groups is 2. The highest BCUT2D eigenvalue weighted by atomic mass is 35.5. The minimum absolute atomic E-state index is 0.0531. The van der Waals surface area contributed by atoms with Gasteiger partial charge in [0, 0.05) is 5.56 Å². The molecule has 0 saturated heterocycles. The zero-order chi connectivity index (χ0) is 24.1. The SMILES string of the molecule is Cc1onc(-c2c(F)cccc2Cl)c1C(=O)NNC(=O)COc1ccccc1-c1ccccc1. The number of amides is 2. The van der Waals surface area contributed by atoms with E-state index in [1.807, 2.05) is 42.5 Å². The van der Waals surface area contributed by atoms with E-state index in [1.54, 1.807) is 12.1 Å². The number of para-hydroxylation sites is 1. The van der Waals surface area contributed by atoms with Crippen molar-refractivity contribution in [3.63, 3.8) is 0 Å². The van der Waals surface area contributed by atoms with E-state index >= 15 is 0 Å². The van der Waals surface area contributed by atoms with Gasteiger partial charge in [0.25, 0.3) is 11.8 Å². The van der Waals surface area contributed by atoms with E-state index in [2.05, 4.69) is 16.0 Å². The summed E-state index contributed by atoms with van der Waals surface area (Å²) >= 11 is 6.09. The number of benzene rings is 3. The fourth-order valence-electron chi connectivity index (χ4n) is 3.35. The first-order valence-electron chi connectivity index (χ1n) is 10.2. The Bertz CT molecular complexity index is 1320. The largest absolute Gasteiger partial charge is 0.483 e. The van der Waals surface area contributed by atoms with Crippen LogP contribution in [0.4, 0.5) is 4.39 Å². The van der Waals surface area contributed by atoms with E-state index in [0.717, 1.165) is 11.1 Å². The van der Waals surface area contributed by atoms with Crippen LogP contribution in [0.3, 0.4) is 0 Å².